The van der Waals surface area contributed by atoms with Crippen LogP contribution < -0.4 is 5.73 Å². The number of nitro groups is 1. The summed E-state index contributed by atoms with van der Waals surface area (Å²) in [5, 5.41) is 19.2. The zero-order valence-corrected chi connectivity index (χ0v) is 10.2. The van der Waals surface area contributed by atoms with Crippen molar-refractivity contribution in [2.24, 2.45) is 5.73 Å². The van der Waals surface area contributed by atoms with Crippen molar-refractivity contribution >= 4 is 17.5 Å². The fourth-order valence-corrected chi connectivity index (χ4v) is 1.30. The average molecular weight is 257 g/mol. The van der Waals surface area contributed by atoms with Crippen LogP contribution in [0.4, 0.5) is 5.69 Å². The molecule has 0 aromatic heterocycles. The molecule has 0 atom stereocenters. The van der Waals surface area contributed by atoms with E-state index in [1.165, 1.54) is 43.3 Å². The van der Waals surface area contributed by atoms with Gasteiger partial charge in [-0.05, 0) is 30.7 Å². The molecule has 1 aromatic rings. The highest BCUT2D eigenvalue weighted by atomic mass is 16.6. The number of allylic oxidation sites excluding steroid dienone is 3. The van der Waals surface area contributed by atoms with Gasteiger partial charge in [0.25, 0.3) is 5.69 Å². The summed E-state index contributed by atoms with van der Waals surface area (Å²) in [5.41, 5.74) is 6.03. The Labute approximate surface area is 109 Å². The number of rotatable bonds is 4. The molecule has 0 bridgehead atoms. The number of nitriles is 1. The van der Waals surface area contributed by atoms with Gasteiger partial charge in [-0.25, -0.2) is 0 Å². The van der Waals surface area contributed by atoms with Gasteiger partial charge in [0.05, 0.1) is 4.92 Å². The molecule has 1 rings (SSSR count). The lowest BCUT2D eigenvalue weighted by Crippen LogP contribution is -2.05. The first kappa shape index (κ1) is 14.1. The zero-order valence-electron chi connectivity index (χ0n) is 10.2. The number of non-ortho nitro benzene ring substituents is 1. The first-order valence-corrected chi connectivity index (χ1v) is 5.29. The summed E-state index contributed by atoms with van der Waals surface area (Å²) >= 11 is 0. The Morgan fingerprint density at radius 2 is 2.00 bits per heavy atom. The van der Waals surface area contributed by atoms with E-state index in [1.807, 2.05) is 0 Å². The first-order chi connectivity index (χ1) is 8.95. The largest absolute Gasteiger partial charge is 0.401 e. The molecule has 0 aliphatic rings. The Balaban J connectivity index is 2.89. The van der Waals surface area contributed by atoms with E-state index in [0.29, 0.717) is 5.56 Å². The van der Waals surface area contributed by atoms with Crippen LogP contribution in [0.1, 0.15) is 12.5 Å². The van der Waals surface area contributed by atoms with E-state index in [2.05, 4.69) is 0 Å². The standard InChI is InChI=1S/C13H11N3O3/c1-9(15)12(8-14)13(17)7-4-10-2-5-11(6-3-10)16(18)19/h2-7H,15H2,1H3/b7-4+,12-9-. The molecule has 19 heavy (non-hydrogen) atoms. The lowest BCUT2D eigenvalue weighted by atomic mass is 10.1. The van der Waals surface area contributed by atoms with Crippen molar-refractivity contribution in [1.82, 2.24) is 0 Å². The molecule has 0 fully saturated rings. The van der Waals surface area contributed by atoms with E-state index in [4.69, 9.17) is 11.0 Å². The van der Waals surface area contributed by atoms with Crippen LogP contribution in [0.2, 0.25) is 0 Å². The van der Waals surface area contributed by atoms with Crippen molar-refractivity contribution in [3.63, 3.8) is 0 Å². The molecule has 1 aromatic carbocycles. The Bertz CT molecular complexity index is 603. The van der Waals surface area contributed by atoms with Crippen LogP contribution in [0.3, 0.4) is 0 Å². The number of nitrogens with zero attached hydrogens (tertiary/aromatic N) is 2. The number of carbonyl (C=O) groups excluding carboxylic acids is 1. The second kappa shape index (κ2) is 6.12. The molecule has 0 saturated heterocycles. The summed E-state index contributed by atoms with van der Waals surface area (Å²) in [5.74, 6) is -0.499. The summed E-state index contributed by atoms with van der Waals surface area (Å²) in [7, 11) is 0. The lowest BCUT2D eigenvalue weighted by Gasteiger charge is -1.96. The van der Waals surface area contributed by atoms with Gasteiger partial charge in [-0.15, -0.1) is 0 Å². The van der Waals surface area contributed by atoms with Crippen LogP contribution in [-0.4, -0.2) is 10.7 Å². The van der Waals surface area contributed by atoms with E-state index in [-0.39, 0.29) is 17.0 Å². The smallest absolute Gasteiger partial charge is 0.269 e. The van der Waals surface area contributed by atoms with Crippen LogP contribution >= 0.6 is 0 Å². The van der Waals surface area contributed by atoms with Gasteiger partial charge in [-0.2, -0.15) is 5.26 Å². The van der Waals surface area contributed by atoms with Crippen molar-refractivity contribution in [3.8, 4) is 6.07 Å². The van der Waals surface area contributed by atoms with Gasteiger partial charge in [0.15, 0.2) is 5.78 Å². The normalized spacial score (nSPS) is 11.8. The quantitative estimate of drug-likeness (QED) is 0.383. The minimum Gasteiger partial charge on any atom is -0.401 e. The van der Waals surface area contributed by atoms with E-state index < -0.39 is 10.7 Å². The van der Waals surface area contributed by atoms with Crippen molar-refractivity contribution in [2.75, 3.05) is 0 Å². The number of benzene rings is 1. The van der Waals surface area contributed by atoms with E-state index in [9.17, 15) is 14.9 Å². The Morgan fingerprint density at radius 3 is 2.42 bits per heavy atom. The number of hydrogen-bond donors (Lipinski definition) is 1. The maximum atomic E-state index is 11.6. The van der Waals surface area contributed by atoms with Gasteiger partial charge in [-0.3, -0.25) is 14.9 Å². The van der Waals surface area contributed by atoms with Crippen LogP contribution in [0, 0.1) is 21.4 Å². The third-order valence-electron chi connectivity index (χ3n) is 2.28. The maximum Gasteiger partial charge on any atom is 0.269 e. The molecule has 0 amide bonds. The van der Waals surface area contributed by atoms with Gasteiger partial charge in [0.2, 0.25) is 0 Å². The average Bonchev–Trinajstić information content (AvgIpc) is 2.37. The monoisotopic (exact) mass is 257 g/mol. The molecule has 6 heteroatoms. The second-order valence-electron chi connectivity index (χ2n) is 3.72. The topological polar surface area (TPSA) is 110 Å². The van der Waals surface area contributed by atoms with Gasteiger partial charge in [-0.1, -0.05) is 6.08 Å². The van der Waals surface area contributed by atoms with E-state index in [0.717, 1.165) is 0 Å². The molecular formula is C13H11N3O3. The van der Waals surface area contributed by atoms with Crippen molar-refractivity contribution in [3.05, 3.63) is 57.3 Å². The van der Waals surface area contributed by atoms with Gasteiger partial charge >= 0.3 is 0 Å². The van der Waals surface area contributed by atoms with Crippen molar-refractivity contribution in [1.29, 1.82) is 5.26 Å². The molecular weight excluding hydrogens is 246 g/mol. The van der Waals surface area contributed by atoms with E-state index in [1.54, 1.807) is 6.07 Å². The number of nitrogens with two attached hydrogens (primary N) is 1. The zero-order chi connectivity index (χ0) is 14.4. The fourth-order valence-electron chi connectivity index (χ4n) is 1.30. The third-order valence-corrected chi connectivity index (χ3v) is 2.28. The summed E-state index contributed by atoms with van der Waals surface area (Å²) < 4.78 is 0. The van der Waals surface area contributed by atoms with Gasteiger partial charge in [0, 0.05) is 17.8 Å². The molecule has 0 radical (unpaired) electrons. The molecule has 0 aliphatic heterocycles. The predicted octanol–water partition coefficient (Wildman–Crippen LogP) is 1.93. The molecule has 0 aliphatic carbocycles. The number of hydrogen-bond acceptors (Lipinski definition) is 5. The number of ketones is 1. The second-order valence-corrected chi connectivity index (χ2v) is 3.72. The van der Waals surface area contributed by atoms with Crippen LogP contribution in [-0.2, 0) is 4.79 Å². The summed E-state index contributed by atoms with van der Waals surface area (Å²) in [6, 6.07) is 7.41. The van der Waals surface area contributed by atoms with Crippen LogP contribution in [0.5, 0.6) is 0 Å². The van der Waals surface area contributed by atoms with Crippen molar-refractivity contribution < 1.29 is 9.72 Å². The molecule has 0 spiro atoms. The molecule has 6 nitrogen and oxygen atoms in total. The maximum absolute atomic E-state index is 11.6. The molecule has 0 saturated carbocycles. The summed E-state index contributed by atoms with van der Waals surface area (Å²) in [6.07, 6.45) is 2.67. The minimum atomic E-state index is -0.507. The molecule has 0 unspecified atom stereocenters. The SMILES string of the molecule is C/C(N)=C(\C#N)C(=O)/C=C/c1ccc([N+](=O)[O-])cc1. The van der Waals surface area contributed by atoms with Gasteiger partial charge in [0.1, 0.15) is 11.6 Å². The van der Waals surface area contributed by atoms with E-state index >= 15 is 0 Å². The highest BCUT2D eigenvalue weighted by Crippen LogP contribution is 2.13. The minimum absolute atomic E-state index is 0.0288. The number of nitro benzene ring substituents is 1. The van der Waals surface area contributed by atoms with Crippen LogP contribution in [0.15, 0.2) is 41.6 Å². The predicted molar refractivity (Wildman–Crippen MR) is 69.6 cm³/mol. The highest BCUT2D eigenvalue weighted by molar-refractivity contribution is 6.09. The fraction of sp³-hybridized carbons (Fsp3) is 0.0769. The highest BCUT2D eigenvalue weighted by Gasteiger charge is 2.07. The third kappa shape index (κ3) is 3.78. The summed E-state index contributed by atoms with van der Waals surface area (Å²) in [4.78, 5) is 21.6. The lowest BCUT2D eigenvalue weighted by molar-refractivity contribution is -0.384. The molecule has 2 N–H and O–H groups in total. The Hall–Kier alpha value is -2.94. The summed E-state index contributed by atoms with van der Waals surface area (Å²) in [6.45, 7) is 1.47. The van der Waals surface area contributed by atoms with Gasteiger partial charge < -0.3 is 5.73 Å². The van der Waals surface area contributed by atoms with Crippen LogP contribution in [0.25, 0.3) is 6.08 Å². The molecule has 96 valence electrons. The Kier molecular flexibility index (Phi) is 4.55. The van der Waals surface area contributed by atoms with Crippen molar-refractivity contribution in [2.45, 2.75) is 6.92 Å². The first-order valence-electron chi connectivity index (χ1n) is 5.29. The Morgan fingerprint density at radius 1 is 1.42 bits per heavy atom. The molecule has 0 heterocycles. The number of carbonyl (C=O) groups is 1.